The molecule has 2 aliphatic rings. The number of amides is 2. The Labute approximate surface area is 202 Å². The van der Waals surface area contributed by atoms with Crippen molar-refractivity contribution in [1.82, 2.24) is 10.3 Å². The Hall–Kier alpha value is -4.20. The van der Waals surface area contributed by atoms with Gasteiger partial charge in [-0.1, -0.05) is 48.5 Å². The molecule has 0 saturated carbocycles. The van der Waals surface area contributed by atoms with E-state index in [-0.39, 0.29) is 18.4 Å². The summed E-state index contributed by atoms with van der Waals surface area (Å²) >= 11 is 0. The van der Waals surface area contributed by atoms with Crippen molar-refractivity contribution in [2.75, 3.05) is 13.7 Å². The molecule has 1 N–H and O–H groups in total. The average Bonchev–Trinajstić information content (AvgIpc) is 3.54. The van der Waals surface area contributed by atoms with E-state index in [1.807, 2.05) is 60.7 Å². The Morgan fingerprint density at radius 1 is 1.06 bits per heavy atom. The molecule has 3 aromatic carbocycles. The van der Waals surface area contributed by atoms with Gasteiger partial charge in [0.25, 0.3) is 5.91 Å². The fourth-order valence-electron chi connectivity index (χ4n) is 4.46. The topological polar surface area (TPSA) is 97.3 Å². The summed E-state index contributed by atoms with van der Waals surface area (Å²) in [5.41, 5.74) is 2.61. The number of carbonyl (C=O) groups excluding carboxylic acids is 3. The van der Waals surface area contributed by atoms with Gasteiger partial charge in [0.2, 0.25) is 5.91 Å². The van der Waals surface area contributed by atoms with Crippen LogP contribution in [0.1, 0.15) is 36.4 Å². The summed E-state index contributed by atoms with van der Waals surface area (Å²) in [6, 6.07) is 20.6. The Bertz CT molecular complexity index is 1320. The molecule has 0 aliphatic carbocycles. The number of carbonyl (C=O) groups is 3. The van der Waals surface area contributed by atoms with Crippen LogP contribution in [0, 0.1) is 0 Å². The normalized spacial score (nSPS) is 19.4. The first-order valence-corrected chi connectivity index (χ1v) is 11.5. The Morgan fingerprint density at radius 3 is 2.54 bits per heavy atom. The minimum atomic E-state index is -0.706. The van der Waals surface area contributed by atoms with Crippen LogP contribution in [0.5, 0.6) is 5.75 Å². The summed E-state index contributed by atoms with van der Waals surface area (Å²) < 4.78 is 10.5. The van der Waals surface area contributed by atoms with Gasteiger partial charge in [-0.05, 0) is 46.5 Å². The summed E-state index contributed by atoms with van der Waals surface area (Å²) in [5, 5.41) is 10.8. The number of ether oxygens (including phenoxy) is 2. The van der Waals surface area contributed by atoms with Crippen LogP contribution in [-0.2, 0) is 19.1 Å². The van der Waals surface area contributed by atoms with Gasteiger partial charge in [0, 0.05) is 12.8 Å². The van der Waals surface area contributed by atoms with Gasteiger partial charge in [0.1, 0.15) is 11.8 Å². The zero-order valence-corrected chi connectivity index (χ0v) is 19.3. The van der Waals surface area contributed by atoms with Crippen LogP contribution in [0.4, 0.5) is 0 Å². The molecule has 2 heterocycles. The first-order valence-electron chi connectivity index (χ1n) is 11.5. The highest BCUT2D eigenvalue weighted by atomic mass is 16.5. The number of rotatable bonds is 6. The molecule has 0 spiro atoms. The molecule has 0 radical (unpaired) electrons. The molecule has 0 aromatic heterocycles. The van der Waals surface area contributed by atoms with Crippen LogP contribution >= 0.6 is 0 Å². The summed E-state index contributed by atoms with van der Waals surface area (Å²) in [6.07, 6.45) is 1.16. The largest absolute Gasteiger partial charge is 0.497 e. The van der Waals surface area contributed by atoms with E-state index in [1.54, 1.807) is 7.11 Å². The zero-order chi connectivity index (χ0) is 24.4. The Morgan fingerprint density at radius 2 is 1.83 bits per heavy atom. The van der Waals surface area contributed by atoms with Crippen molar-refractivity contribution < 1.29 is 23.9 Å². The summed E-state index contributed by atoms with van der Waals surface area (Å²) in [7, 11) is 1.60. The first kappa shape index (κ1) is 22.6. The first-order chi connectivity index (χ1) is 17.0. The number of hydrogen-bond acceptors (Lipinski definition) is 6. The lowest BCUT2D eigenvalue weighted by molar-refractivity contribution is -0.154. The van der Waals surface area contributed by atoms with Crippen LogP contribution < -0.4 is 10.1 Å². The van der Waals surface area contributed by atoms with E-state index in [0.29, 0.717) is 18.6 Å². The van der Waals surface area contributed by atoms with E-state index in [1.165, 1.54) is 5.01 Å². The second-order valence-electron chi connectivity index (χ2n) is 8.61. The third-order valence-electron chi connectivity index (χ3n) is 6.37. The van der Waals surface area contributed by atoms with Crippen molar-refractivity contribution in [3.8, 4) is 5.75 Å². The molecule has 0 bridgehead atoms. The highest BCUT2D eigenvalue weighted by Gasteiger charge is 2.35. The molecule has 5 rings (SSSR count). The SMILES string of the molecule is COc1ccc([C@H]2CC(c3ccc4ccccc4c3)=NN2C(=O)COC(=O)[C@H]2CCC(=O)N2)cc1. The third kappa shape index (κ3) is 4.73. The molecule has 35 heavy (non-hydrogen) atoms. The molecular weight excluding hydrogens is 446 g/mol. The molecule has 8 nitrogen and oxygen atoms in total. The van der Waals surface area contributed by atoms with Gasteiger partial charge < -0.3 is 14.8 Å². The minimum absolute atomic E-state index is 0.193. The zero-order valence-electron chi connectivity index (χ0n) is 19.3. The molecular formula is C27H25N3O5. The number of methoxy groups -OCH3 is 1. The van der Waals surface area contributed by atoms with Crippen molar-refractivity contribution in [3.05, 3.63) is 77.9 Å². The summed E-state index contributed by atoms with van der Waals surface area (Å²) in [4.78, 5) is 36.8. The van der Waals surface area contributed by atoms with Gasteiger partial charge in [-0.2, -0.15) is 5.10 Å². The maximum absolute atomic E-state index is 13.2. The fraction of sp³-hybridized carbons (Fsp3) is 0.259. The number of esters is 1. The second-order valence-corrected chi connectivity index (χ2v) is 8.61. The quantitative estimate of drug-likeness (QED) is 0.556. The molecule has 2 aliphatic heterocycles. The second kappa shape index (κ2) is 9.58. The minimum Gasteiger partial charge on any atom is -0.497 e. The number of hydrazone groups is 1. The van der Waals surface area contributed by atoms with Crippen LogP contribution in [0.3, 0.4) is 0 Å². The predicted molar refractivity (Wildman–Crippen MR) is 130 cm³/mol. The fourth-order valence-corrected chi connectivity index (χ4v) is 4.46. The van der Waals surface area contributed by atoms with E-state index in [2.05, 4.69) is 16.5 Å². The summed E-state index contributed by atoms with van der Waals surface area (Å²) in [5.74, 6) is -0.516. The predicted octanol–water partition coefficient (Wildman–Crippen LogP) is 3.35. The van der Waals surface area contributed by atoms with Crippen LogP contribution in [0.2, 0.25) is 0 Å². The summed E-state index contributed by atoms with van der Waals surface area (Å²) in [6.45, 7) is -0.452. The van der Waals surface area contributed by atoms with E-state index >= 15 is 0 Å². The van der Waals surface area contributed by atoms with Crippen molar-refractivity contribution in [2.45, 2.75) is 31.3 Å². The van der Waals surface area contributed by atoms with Gasteiger partial charge in [0.05, 0.1) is 18.9 Å². The third-order valence-corrected chi connectivity index (χ3v) is 6.37. The molecule has 2 amide bonds. The van der Waals surface area contributed by atoms with E-state index in [4.69, 9.17) is 9.47 Å². The van der Waals surface area contributed by atoms with Crippen molar-refractivity contribution in [1.29, 1.82) is 0 Å². The van der Waals surface area contributed by atoms with Gasteiger partial charge in [0.15, 0.2) is 6.61 Å². The van der Waals surface area contributed by atoms with Crippen molar-refractivity contribution in [2.24, 2.45) is 5.10 Å². The smallest absolute Gasteiger partial charge is 0.329 e. The van der Waals surface area contributed by atoms with Crippen molar-refractivity contribution >= 4 is 34.3 Å². The highest BCUT2D eigenvalue weighted by Crippen LogP contribution is 2.34. The number of nitrogens with one attached hydrogen (secondary N) is 1. The van der Waals surface area contributed by atoms with E-state index < -0.39 is 24.5 Å². The Balaban J connectivity index is 1.39. The molecule has 1 saturated heterocycles. The molecule has 8 heteroatoms. The monoisotopic (exact) mass is 471 g/mol. The maximum atomic E-state index is 13.2. The lowest BCUT2D eigenvalue weighted by Crippen LogP contribution is -2.37. The lowest BCUT2D eigenvalue weighted by atomic mass is 9.97. The average molecular weight is 472 g/mol. The van der Waals surface area contributed by atoms with Gasteiger partial charge >= 0.3 is 5.97 Å². The number of benzene rings is 3. The highest BCUT2D eigenvalue weighted by molar-refractivity contribution is 6.05. The van der Waals surface area contributed by atoms with Crippen LogP contribution in [0.25, 0.3) is 10.8 Å². The number of nitrogens with zero attached hydrogens (tertiary/aromatic N) is 2. The maximum Gasteiger partial charge on any atom is 0.329 e. The molecule has 178 valence electrons. The molecule has 1 fully saturated rings. The van der Waals surface area contributed by atoms with Gasteiger partial charge in [-0.3, -0.25) is 9.59 Å². The molecule has 0 unspecified atom stereocenters. The van der Waals surface area contributed by atoms with E-state index in [9.17, 15) is 14.4 Å². The van der Waals surface area contributed by atoms with Gasteiger partial charge in [-0.25, -0.2) is 9.80 Å². The van der Waals surface area contributed by atoms with Crippen LogP contribution in [-0.4, -0.2) is 48.3 Å². The van der Waals surface area contributed by atoms with Crippen molar-refractivity contribution in [3.63, 3.8) is 0 Å². The van der Waals surface area contributed by atoms with E-state index in [0.717, 1.165) is 27.6 Å². The molecule has 3 aromatic rings. The lowest BCUT2D eigenvalue weighted by Gasteiger charge is -2.22. The standard InChI is InChI=1S/C27H25N3O5/c1-34-21-10-8-18(9-11-21)24-15-23(20-7-6-17-4-2-3-5-19(17)14-20)29-30(24)26(32)16-35-27(33)22-12-13-25(31)28-22/h2-11,14,22,24H,12-13,15-16H2,1H3,(H,28,31)/t22-,24-/m1/s1. The molecule has 2 atom stereocenters. The Kier molecular flexibility index (Phi) is 6.18. The van der Waals surface area contributed by atoms with Gasteiger partial charge in [-0.15, -0.1) is 0 Å². The number of hydrogen-bond donors (Lipinski definition) is 1. The van der Waals surface area contributed by atoms with Crippen LogP contribution in [0.15, 0.2) is 71.8 Å². The number of fused-ring (bicyclic) bond motifs is 1.